The first-order valence-electron chi connectivity index (χ1n) is 8.15. The number of nitrogens with one attached hydrogen (secondary N) is 1. The smallest absolute Gasteiger partial charge is 0.227 e. The van der Waals surface area contributed by atoms with Crippen LogP contribution in [-0.4, -0.2) is 23.7 Å². The third kappa shape index (κ3) is 4.07. The average Bonchev–Trinajstić information content (AvgIpc) is 2.54. The van der Waals surface area contributed by atoms with E-state index in [-0.39, 0.29) is 30.4 Å². The Morgan fingerprint density at radius 3 is 2.57 bits per heavy atom. The maximum atomic E-state index is 12.4. The Bertz CT molecular complexity index is 455. The van der Waals surface area contributed by atoms with Gasteiger partial charge in [0.1, 0.15) is 0 Å². The molecule has 1 aromatic carbocycles. The molecule has 0 aromatic heterocycles. The van der Waals surface area contributed by atoms with E-state index < -0.39 is 0 Å². The molecule has 1 amide bonds. The Kier molecular flexibility index (Phi) is 5.80. The van der Waals surface area contributed by atoms with Gasteiger partial charge in [0, 0.05) is 18.6 Å². The number of aliphatic hydroxyl groups is 1. The molecule has 3 unspecified atom stereocenters. The Morgan fingerprint density at radius 1 is 1.29 bits per heavy atom. The van der Waals surface area contributed by atoms with E-state index in [9.17, 15) is 9.90 Å². The van der Waals surface area contributed by atoms with Crippen LogP contribution in [0.25, 0.3) is 0 Å². The largest absolute Gasteiger partial charge is 0.396 e. The highest BCUT2D eigenvalue weighted by Gasteiger charge is 2.27. The van der Waals surface area contributed by atoms with Crippen LogP contribution in [0.4, 0.5) is 0 Å². The maximum absolute atomic E-state index is 12.4. The van der Waals surface area contributed by atoms with Crippen LogP contribution in [0.2, 0.25) is 0 Å². The molecular weight excluding hydrogens is 262 g/mol. The van der Waals surface area contributed by atoms with Crippen molar-refractivity contribution in [1.29, 1.82) is 0 Å². The van der Waals surface area contributed by atoms with E-state index in [4.69, 9.17) is 0 Å². The van der Waals surface area contributed by atoms with Crippen molar-refractivity contribution in [3.63, 3.8) is 0 Å². The second-order valence-electron chi connectivity index (χ2n) is 6.16. The molecule has 3 atom stereocenters. The number of amides is 1. The Balaban J connectivity index is 1.97. The first kappa shape index (κ1) is 16.0. The molecule has 116 valence electrons. The number of aliphatic hydroxyl groups excluding tert-OH is 1. The maximum Gasteiger partial charge on any atom is 0.227 e. The predicted molar refractivity (Wildman–Crippen MR) is 85.2 cm³/mol. The monoisotopic (exact) mass is 289 g/mol. The first-order valence-corrected chi connectivity index (χ1v) is 8.15. The molecule has 21 heavy (non-hydrogen) atoms. The van der Waals surface area contributed by atoms with Gasteiger partial charge in [0.2, 0.25) is 5.91 Å². The van der Waals surface area contributed by atoms with Gasteiger partial charge in [0.15, 0.2) is 0 Å². The molecule has 3 heteroatoms. The topological polar surface area (TPSA) is 49.3 Å². The number of rotatable bonds is 5. The highest BCUT2D eigenvalue weighted by atomic mass is 16.3. The van der Waals surface area contributed by atoms with E-state index in [2.05, 4.69) is 24.4 Å². The van der Waals surface area contributed by atoms with Crippen LogP contribution in [0.3, 0.4) is 0 Å². The molecule has 0 saturated heterocycles. The lowest BCUT2D eigenvalue weighted by Crippen LogP contribution is -2.44. The summed E-state index contributed by atoms with van der Waals surface area (Å²) in [5.74, 6) is 0.152. The zero-order valence-corrected chi connectivity index (χ0v) is 13.1. The lowest BCUT2D eigenvalue weighted by Gasteiger charge is -2.31. The molecule has 2 rings (SSSR count). The van der Waals surface area contributed by atoms with Gasteiger partial charge in [0.05, 0.1) is 5.92 Å². The molecule has 1 aromatic rings. The van der Waals surface area contributed by atoms with Crippen molar-refractivity contribution < 1.29 is 9.90 Å². The molecule has 0 aliphatic heterocycles. The standard InChI is InChI=1S/C18H27NO2/c1-3-14-8-10-15(11-9-14)13(2)18(21)19-17-7-5-4-6-16(17)12-20/h8-11,13,16-17,20H,3-7,12H2,1-2H3,(H,19,21). The zero-order valence-electron chi connectivity index (χ0n) is 13.1. The number of aryl methyl sites for hydroxylation is 1. The molecule has 0 heterocycles. The minimum atomic E-state index is -0.142. The Morgan fingerprint density at radius 2 is 1.95 bits per heavy atom. The lowest BCUT2D eigenvalue weighted by atomic mass is 9.84. The van der Waals surface area contributed by atoms with Gasteiger partial charge in [-0.25, -0.2) is 0 Å². The van der Waals surface area contributed by atoms with E-state index in [1.807, 2.05) is 19.1 Å². The molecule has 1 aliphatic carbocycles. The molecule has 0 spiro atoms. The molecule has 0 radical (unpaired) electrons. The minimum absolute atomic E-state index is 0.0737. The zero-order chi connectivity index (χ0) is 15.2. The lowest BCUT2D eigenvalue weighted by molar-refractivity contribution is -0.123. The van der Waals surface area contributed by atoms with E-state index in [0.717, 1.165) is 37.7 Å². The molecule has 2 N–H and O–H groups in total. The number of carbonyl (C=O) groups excluding carboxylic acids is 1. The molecular formula is C18H27NO2. The molecule has 1 aliphatic rings. The van der Waals surface area contributed by atoms with Crippen molar-refractivity contribution in [2.75, 3.05) is 6.61 Å². The van der Waals surface area contributed by atoms with Gasteiger partial charge in [-0.2, -0.15) is 0 Å². The summed E-state index contributed by atoms with van der Waals surface area (Å²) >= 11 is 0. The second-order valence-corrected chi connectivity index (χ2v) is 6.16. The van der Waals surface area contributed by atoms with Crippen molar-refractivity contribution in [1.82, 2.24) is 5.32 Å². The van der Waals surface area contributed by atoms with Crippen LogP contribution in [0, 0.1) is 5.92 Å². The van der Waals surface area contributed by atoms with Crippen LogP contribution in [-0.2, 0) is 11.2 Å². The SMILES string of the molecule is CCc1ccc(C(C)C(=O)NC2CCCCC2CO)cc1. The van der Waals surface area contributed by atoms with Crippen molar-refractivity contribution in [2.45, 2.75) is 57.9 Å². The summed E-state index contributed by atoms with van der Waals surface area (Å²) in [4.78, 5) is 12.4. The van der Waals surface area contributed by atoms with Crippen molar-refractivity contribution in [3.05, 3.63) is 35.4 Å². The quantitative estimate of drug-likeness (QED) is 0.875. The minimum Gasteiger partial charge on any atom is -0.396 e. The summed E-state index contributed by atoms with van der Waals surface area (Å²) in [5.41, 5.74) is 2.35. The van der Waals surface area contributed by atoms with E-state index in [1.54, 1.807) is 0 Å². The molecule has 1 saturated carbocycles. The summed E-state index contributed by atoms with van der Waals surface area (Å²) in [5, 5.41) is 12.6. The Labute approximate surface area is 127 Å². The van der Waals surface area contributed by atoms with Crippen molar-refractivity contribution >= 4 is 5.91 Å². The van der Waals surface area contributed by atoms with E-state index >= 15 is 0 Å². The summed E-state index contributed by atoms with van der Waals surface area (Å²) in [6, 6.07) is 8.42. The number of carbonyl (C=O) groups is 1. The van der Waals surface area contributed by atoms with Gasteiger partial charge < -0.3 is 10.4 Å². The van der Waals surface area contributed by atoms with Crippen LogP contribution >= 0.6 is 0 Å². The second kappa shape index (κ2) is 7.60. The first-order chi connectivity index (χ1) is 10.2. The van der Waals surface area contributed by atoms with Gasteiger partial charge in [-0.15, -0.1) is 0 Å². The van der Waals surface area contributed by atoms with Crippen LogP contribution < -0.4 is 5.32 Å². The predicted octanol–water partition coefficient (Wildman–Crippen LogP) is 3.02. The molecule has 1 fully saturated rings. The number of hydrogen-bond donors (Lipinski definition) is 2. The van der Waals surface area contributed by atoms with Gasteiger partial charge in [-0.3, -0.25) is 4.79 Å². The molecule has 0 bridgehead atoms. The van der Waals surface area contributed by atoms with E-state index in [0.29, 0.717) is 0 Å². The third-order valence-corrected chi connectivity index (χ3v) is 4.75. The highest BCUT2D eigenvalue weighted by Crippen LogP contribution is 2.25. The van der Waals surface area contributed by atoms with Gasteiger partial charge in [-0.1, -0.05) is 44.0 Å². The van der Waals surface area contributed by atoms with Crippen molar-refractivity contribution in [2.24, 2.45) is 5.92 Å². The van der Waals surface area contributed by atoms with Gasteiger partial charge >= 0.3 is 0 Å². The molecule has 3 nitrogen and oxygen atoms in total. The van der Waals surface area contributed by atoms with Crippen LogP contribution in [0.5, 0.6) is 0 Å². The summed E-state index contributed by atoms with van der Waals surface area (Å²) in [6.07, 6.45) is 5.31. The van der Waals surface area contributed by atoms with E-state index in [1.165, 1.54) is 5.56 Å². The fraction of sp³-hybridized carbons (Fsp3) is 0.611. The average molecular weight is 289 g/mol. The van der Waals surface area contributed by atoms with Crippen LogP contribution in [0.1, 0.15) is 56.6 Å². The van der Waals surface area contributed by atoms with Gasteiger partial charge in [0.25, 0.3) is 0 Å². The summed E-state index contributed by atoms with van der Waals surface area (Å²) < 4.78 is 0. The van der Waals surface area contributed by atoms with Crippen molar-refractivity contribution in [3.8, 4) is 0 Å². The number of benzene rings is 1. The summed E-state index contributed by atoms with van der Waals surface area (Å²) in [6.45, 7) is 4.25. The fourth-order valence-corrected chi connectivity index (χ4v) is 3.12. The Hall–Kier alpha value is -1.35. The highest BCUT2D eigenvalue weighted by molar-refractivity contribution is 5.83. The fourth-order valence-electron chi connectivity index (χ4n) is 3.12. The normalized spacial score (nSPS) is 23.6. The van der Waals surface area contributed by atoms with Gasteiger partial charge in [-0.05, 0) is 37.3 Å². The van der Waals surface area contributed by atoms with Crippen LogP contribution in [0.15, 0.2) is 24.3 Å². The third-order valence-electron chi connectivity index (χ3n) is 4.75. The number of hydrogen-bond acceptors (Lipinski definition) is 2. The summed E-state index contributed by atoms with van der Waals surface area (Å²) in [7, 11) is 0.